The Kier molecular flexibility index (Phi) is 6.51. The van der Waals surface area contributed by atoms with Crippen molar-refractivity contribution in [2.45, 2.75) is 23.3 Å². The van der Waals surface area contributed by atoms with E-state index in [1.807, 2.05) is 48.2 Å². The molecule has 0 spiro atoms. The van der Waals surface area contributed by atoms with E-state index < -0.39 is 0 Å². The number of halogens is 1. The molecule has 1 amide bonds. The largest absolute Gasteiger partial charge is 0.381 e. The molecule has 1 saturated heterocycles. The number of ether oxygens (including phenoxy) is 1. The van der Waals surface area contributed by atoms with Crippen molar-refractivity contribution >= 4 is 33.6 Å². The van der Waals surface area contributed by atoms with E-state index in [-0.39, 0.29) is 5.91 Å². The minimum atomic E-state index is 0.0783. The van der Waals surface area contributed by atoms with Crippen molar-refractivity contribution < 1.29 is 9.53 Å². The van der Waals surface area contributed by atoms with Gasteiger partial charge in [0.05, 0.1) is 12.2 Å². The van der Waals surface area contributed by atoms with Crippen molar-refractivity contribution in [1.29, 1.82) is 0 Å². The molecule has 25 heavy (non-hydrogen) atoms. The molecule has 1 aromatic heterocycles. The maximum Gasteiger partial charge on any atom is 0.255 e. The fraction of sp³-hybridized carbons (Fsp3) is 0.368. The molecule has 1 aromatic carbocycles. The Balaban J connectivity index is 1.78. The molecular weight excluding hydrogens is 400 g/mol. The molecule has 2 aromatic rings. The van der Waals surface area contributed by atoms with Crippen LogP contribution in [0.4, 0.5) is 0 Å². The summed E-state index contributed by atoms with van der Waals surface area (Å²) in [4.78, 5) is 20.3. The van der Waals surface area contributed by atoms with E-state index in [0.717, 1.165) is 46.1 Å². The van der Waals surface area contributed by atoms with Crippen LogP contribution in [0.5, 0.6) is 0 Å². The molecule has 0 saturated carbocycles. The van der Waals surface area contributed by atoms with Gasteiger partial charge in [-0.3, -0.25) is 4.79 Å². The Morgan fingerprint density at radius 1 is 1.36 bits per heavy atom. The predicted octanol–water partition coefficient (Wildman–Crippen LogP) is 4.49. The Morgan fingerprint density at radius 3 is 2.88 bits per heavy atom. The van der Waals surface area contributed by atoms with Crippen molar-refractivity contribution in [2.24, 2.45) is 5.92 Å². The van der Waals surface area contributed by atoms with Crippen molar-refractivity contribution in [2.75, 3.05) is 26.3 Å². The average Bonchev–Trinajstić information content (AvgIpc) is 3.15. The lowest BCUT2D eigenvalue weighted by Gasteiger charge is -2.24. The Bertz CT molecular complexity index is 718. The quantitative estimate of drug-likeness (QED) is 0.689. The van der Waals surface area contributed by atoms with Crippen molar-refractivity contribution in [3.05, 3.63) is 52.6 Å². The highest BCUT2D eigenvalue weighted by atomic mass is 79.9. The van der Waals surface area contributed by atoms with Gasteiger partial charge in [-0.05, 0) is 53.5 Å². The van der Waals surface area contributed by atoms with Crippen LogP contribution in [0, 0.1) is 5.92 Å². The highest BCUT2D eigenvalue weighted by Gasteiger charge is 2.23. The fourth-order valence-electron chi connectivity index (χ4n) is 2.83. The number of pyridine rings is 1. The van der Waals surface area contributed by atoms with Crippen LogP contribution >= 0.6 is 27.7 Å². The van der Waals surface area contributed by atoms with Gasteiger partial charge in [-0.1, -0.05) is 23.9 Å². The monoisotopic (exact) mass is 420 g/mol. The van der Waals surface area contributed by atoms with Crippen LogP contribution in [-0.2, 0) is 4.74 Å². The Hall–Kier alpha value is -1.37. The van der Waals surface area contributed by atoms with E-state index in [4.69, 9.17) is 4.74 Å². The third-order valence-corrected chi connectivity index (χ3v) is 5.70. The third-order valence-electron chi connectivity index (χ3n) is 4.20. The molecule has 1 aliphatic heterocycles. The number of carbonyl (C=O) groups excluding carboxylic acids is 1. The van der Waals surface area contributed by atoms with E-state index in [9.17, 15) is 4.79 Å². The van der Waals surface area contributed by atoms with Gasteiger partial charge in [0.15, 0.2) is 0 Å². The lowest BCUT2D eigenvalue weighted by molar-refractivity contribution is 0.0727. The second-order valence-electron chi connectivity index (χ2n) is 5.99. The smallest absolute Gasteiger partial charge is 0.255 e. The van der Waals surface area contributed by atoms with E-state index in [1.54, 1.807) is 6.20 Å². The average molecular weight is 421 g/mol. The second kappa shape index (κ2) is 8.83. The molecule has 1 unspecified atom stereocenters. The summed E-state index contributed by atoms with van der Waals surface area (Å²) >= 11 is 4.91. The van der Waals surface area contributed by atoms with Gasteiger partial charge < -0.3 is 9.64 Å². The van der Waals surface area contributed by atoms with Gasteiger partial charge in [-0.25, -0.2) is 4.98 Å². The number of amides is 1. The standard InChI is InChI=1S/C19H21BrN2O2S/c1-2-22(12-14-9-10-24-13-14)19(23)16-5-3-4-6-17(16)25-18-8-7-15(20)11-21-18/h3-8,11,14H,2,9-10,12-13H2,1H3. The van der Waals surface area contributed by atoms with Crippen LogP contribution in [0.2, 0.25) is 0 Å². The molecule has 0 aliphatic carbocycles. The second-order valence-corrected chi connectivity index (χ2v) is 7.96. The fourth-order valence-corrected chi connectivity index (χ4v) is 3.95. The maximum absolute atomic E-state index is 13.1. The lowest BCUT2D eigenvalue weighted by Crippen LogP contribution is -2.35. The topological polar surface area (TPSA) is 42.4 Å². The minimum Gasteiger partial charge on any atom is -0.381 e. The van der Waals surface area contributed by atoms with Gasteiger partial charge >= 0.3 is 0 Å². The first kappa shape index (κ1) is 18.4. The molecule has 0 N–H and O–H groups in total. The van der Waals surface area contributed by atoms with E-state index in [2.05, 4.69) is 20.9 Å². The van der Waals surface area contributed by atoms with Gasteiger partial charge in [0.25, 0.3) is 5.91 Å². The molecule has 0 radical (unpaired) electrons. The summed E-state index contributed by atoms with van der Waals surface area (Å²) in [6.45, 7) is 5.04. The number of rotatable bonds is 6. The van der Waals surface area contributed by atoms with Crippen LogP contribution < -0.4 is 0 Å². The lowest BCUT2D eigenvalue weighted by atomic mass is 10.1. The van der Waals surface area contributed by atoms with E-state index >= 15 is 0 Å². The van der Waals surface area contributed by atoms with Crippen LogP contribution in [0.15, 0.2) is 57.0 Å². The molecule has 1 aliphatic rings. The number of aromatic nitrogens is 1. The molecule has 4 nitrogen and oxygen atoms in total. The van der Waals surface area contributed by atoms with Gasteiger partial charge in [-0.15, -0.1) is 0 Å². The zero-order valence-corrected chi connectivity index (χ0v) is 16.6. The zero-order chi connectivity index (χ0) is 17.6. The van der Waals surface area contributed by atoms with Gasteiger partial charge in [0.1, 0.15) is 5.03 Å². The van der Waals surface area contributed by atoms with E-state index in [1.165, 1.54) is 11.8 Å². The molecule has 0 bridgehead atoms. The first-order valence-electron chi connectivity index (χ1n) is 8.43. The van der Waals surface area contributed by atoms with Gasteiger partial charge in [0.2, 0.25) is 0 Å². The summed E-state index contributed by atoms with van der Waals surface area (Å²) < 4.78 is 6.39. The SMILES string of the molecule is CCN(CC1CCOC1)C(=O)c1ccccc1Sc1ccc(Br)cn1. The third kappa shape index (κ3) is 4.84. The van der Waals surface area contributed by atoms with Gasteiger partial charge in [0, 0.05) is 41.2 Å². The first-order chi connectivity index (χ1) is 12.2. The highest BCUT2D eigenvalue weighted by Crippen LogP contribution is 2.30. The molecule has 132 valence electrons. The highest BCUT2D eigenvalue weighted by molar-refractivity contribution is 9.10. The Labute approximate surface area is 161 Å². The molecule has 2 heterocycles. The predicted molar refractivity (Wildman–Crippen MR) is 103 cm³/mol. The summed E-state index contributed by atoms with van der Waals surface area (Å²) in [6, 6.07) is 11.7. The van der Waals surface area contributed by atoms with E-state index in [0.29, 0.717) is 12.5 Å². The molecule has 3 rings (SSSR count). The first-order valence-corrected chi connectivity index (χ1v) is 10.0. The number of hydrogen-bond donors (Lipinski definition) is 0. The molecular formula is C19H21BrN2O2S. The summed E-state index contributed by atoms with van der Waals surface area (Å²) in [7, 11) is 0. The summed E-state index contributed by atoms with van der Waals surface area (Å²) in [6.07, 6.45) is 2.80. The maximum atomic E-state index is 13.1. The van der Waals surface area contributed by atoms with Crippen LogP contribution in [0.25, 0.3) is 0 Å². The van der Waals surface area contributed by atoms with Crippen LogP contribution in [-0.4, -0.2) is 42.1 Å². The van der Waals surface area contributed by atoms with Crippen molar-refractivity contribution in [1.82, 2.24) is 9.88 Å². The minimum absolute atomic E-state index is 0.0783. The molecule has 1 fully saturated rings. The summed E-state index contributed by atoms with van der Waals surface area (Å²) in [5.41, 5.74) is 0.734. The molecule has 1 atom stereocenters. The number of carbonyl (C=O) groups is 1. The van der Waals surface area contributed by atoms with Gasteiger partial charge in [-0.2, -0.15) is 0 Å². The van der Waals surface area contributed by atoms with Crippen LogP contribution in [0.3, 0.4) is 0 Å². The Morgan fingerprint density at radius 2 is 2.20 bits per heavy atom. The normalized spacial score (nSPS) is 16.8. The summed E-state index contributed by atoms with van der Waals surface area (Å²) in [5.74, 6) is 0.520. The number of benzene rings is 1. The number of hydrogen-bond acceptors (Lipinski definition) is 4. The zero-order valence-electron chi connectivity index (χ0n) is 14.2. The summed E-state index contributed by atoms with van der Waals surface area (Å²) in [5, 5.41) is 0.871. The molecule has 6 heteroatoms. The van der Waals surface area contributed by atoms with Crippen molar-refractivity contribution in [3.63, 3.8) is 0 Å². The van der Waals surface area contributed by atoms with Crippen LogP contribution in [0.1, 0.15) is 23.7 Å². The van der Waals surface area contributed by atoms with Crippen molar-refractivity contribution in [3.8, 4) is 0 Å². The number of nitrogens with zero attached hydrogens (tertiary/aromatic N) is 2.